The number of aromatic nitrogens is 1. The van der Waals surface area contributed by atoms with Crippen molar-refractivity contribution in [3.63, 3.8) is 0 Å². The number of fused-ring (bicyclic) bond motifs is 1. The Kier molecular flexibility index (Phi) is 5.48. The number of hydrogen-bond donors (Lipinski definition) is 1. The molecule has 0 aliphatic rings. The molecule has 4 aromatic rings. The number of ether oxygens (including phenoxy) is 1. The lowest BCUT2D eigenvalue weighted by Crippen LogP contribution is -2.06. The number of hydrogen-bond acceptors (Lipinski definition) is 5. The average Bonchev–Trinajstić information content (AvgIpc) is 3.09. The minimum absolute atomic E-state index is 0.0232. The van der Waals surface area contributed by atoms with E-state index in [9.17, 15) is 9.18 Å². The van der Waals surface area contributed by atoms with Crippen LogP contribution in [0.3, 0.4) is 0 Å². The van der Waals surface area contributed by atoms with E-state index in [1.54, 1.807) is 31.5 Å². The second-order valence-electron chi connectivity index (χ2n) is 6.21. The van der Waals surface area contributed by atoms with Crippen LogP contribution in [0.15, 0.2) is 65.3 Å². The summed E-state index contributed by atoms with van der Waals surface area (Å²) in [5.41, 5.74) is 2.64. The van der Waals surface area contributed by atoms with Gasteiger partial charge in [-0.25, -0.2) is 9.18 Å². The highest BCUT2D eigenvalue weighted by molar-refractivity contribution is 14.1. The number of benzene rings is 2. The summed E-state index contributed by atoms with van der Waals surface area (Å²) >= 11 is 2.03. The smallest absolute Gasteiger partial charge is 0.376 e. The molecule has 29 heavy (non-hydrogen) atoms. The number of pyridine rings is 1. The second-order valence-corrected chi connectivity index (χ2v) is 7.45. The Hall–Kier alpha value is -2.94. The van der Waals surface area contributed by atoms with E-state index < -0.39 is 11.8 Å². The molecule has 0 radical (unpaired) electrons. The molecule has 5 nitrogen and oxygen atoms in total. The highest BCUT2D eigenvalue weighted by Crippen LogP contribution is 2.38. The SMILES string of the molecule is CCOC(=O)c1oc2c(-c3ccccc3)cncc2c1Nc1ccc(I)cc1F. The van der Waals surface area contributed by atoms with Crippen molar-refractivity contribution in [1.82, 2.24) is 4.98 Å². The Bertz CT molecular complexity index is 1190. The first-order valence-corrected chi connectivity index (χ1v) is 10.0. The summed E-state index contributed by atoms with van der Waals surface area (Å²) in [4.78, 5) is 16.8. The molecule has 2 heterocycles. The third kappa shape index (κ3) is 3.82. The van der Waals surface area contributed by atoms with Crippen LogP contribution >= 0.6 is 22.6 Å². The summed E-state index contributed by atoms with van der Waals surface area (Å²) in [6.45, 7) is 1.90. The molecule has 2 aromatic carbocycles. The van der Waals surface area contributed by atoms with Gasteiger partial charge in [0, 0.05) is 21.5 Å². The Morgan fingerprint density at radius 1 is 1.21 bits per heavy atom. The monoisotopic (exact) mass is 502 g/mol. The second kappa shape index (κ2) is 8.20. The third-order valence-corrected chi connectivity index (χ3v) is 5.00. The molecule has 2 aromatic heterocycles. The first-order valence-electron chi connectivity index (χ1n) is 8.93. The number of rotatable bonds is 5. The summed E-state index contributed by atoms with van der Waals surface area (Å²) in [5, 5.41) is 3.56. The molecule has 0 saturated heterocycles. The Morgan fingerprint density at radius 2 is 2.00 bits per heavy atom. The molecule has 0 bridgehead atoms. The molecule has 1 N–H and O–H groups in total. The predicted molar refractivity (Wildman–Crippen MR) is 118 cm³/mol. The Morgan fingerprint density at radius 3 is 2.72 bits per heavy atom. The van der Waals surface area contributed by atoms with Crippen LogP contribution in [0.25, 0.3) is 22.1 Å². The van der Waals surface area contributed by atoms with E-state index in [0.717, 1.165) is 14.7 Å². The zero-order chi connectivity index (χ0) is 20.4. The van der Waals surface area contributed by atoms with Crippen molar-refractivity contribution < 1.29 is 18.3 Å². The van der Waals surface area contributed by atoms with Gasteiger partial charge in [-0.15, -0.1) is 0 Å². The van der Waals surface area contributed by atoms with Gasteiger partial charge < -0.3 is 14.5 Å². The van der Waals surface area contributed by atoms with Crippen LogP contribution in [-0.2, 0) is 4.74 Å². The van der Waals surface area contributed by atoms with E-state index in [1.165, 1.54) is 6.07 Å². The molecule has 146 valence electrons. The van der Waals surface area contributed by atoms with E-state index >= 15 is 0 Å². The molecule has 0 unspecified atom stereocenters. The van der Waals surface area contributed by atoms with Gasteiger partial charge >= 0.3 is 5.97 Å². The van der Waals surface area contributed by atoms with Crippen molar-refractivity contribution in [3.8, 4) is 11.1 Å². The van der Waals surface area contributed by atoms with E-state index in [0.29, 0.717) is 16.7 Å². The quantitative estimate of drug-likeness (QED) is 0.262. The predicted octanol–water partition coefficient (Wildman–Crippen LogP) is 6.16. The molecule has 0 spiro atoms. The van der Waals surface area contributed by atoms with E-state index in [1.807, 2.05) is 52.9 Å². The minimum Gasteiger partial charge on any atom is -0.460 e. The largest absolute Gasteiger partial charge is 0.460 e. The van der Waals surface area contributed by atoms with E-state index in [4.69, 9.17) is 9.15 Å². The standard InChI is InChI=1S/C22H16FIN2O3/c1-2-28-22(27)21-19(26-18-9-8-14(24)10-17(18)23)16-12-25-11-15(20(16)29-21)13-6-4-3-5-7-13/h3-12,26H,2H2,1H3. The summed E-state index contributed by atoms with van der Waals surface area (Å²) in [6.07, 6.45) is 3.26. The van der Waals surface area contributed by atoms with Crippen molar-refractivity contribution in [3.05, 3.63) is 76.1 Å². The van der Waals surface area contributed by atoms with Crippen LogP contribution in [0.1, 0.15) is 17.5 Å². The fourth-order valence-electron chi connectivity index (χ4n) is 3.03. The van der Waals surface area contributed by atoms with Gasteiger partial charge in [0.25, 0.3) is 0 Å². The third-order valence-electron chi connectivity index (χ3n) is 4.33. The molecule has 4 rings (SSSR count). The van der Waals surface area contributed by atoms with Gasteiger partial charge in [0.1, 0.15) is 17.1 Å². The fraction of sp³-hybridized carbons (Fsp3) is 0.0909. The van der Waals surface area contributed by atoms with Crippen molar-refractivity contribution >= 4 is 50.9 Å². The van der Waals surface area contributed by atoms with Crippen molar-refractivity contribution in [1.29, 1.82) is 0 Å². The van der Waals surface area contributed by atoms with Gasteiger partial charge in [-0.2, -0.15) is 0 Å². The number of nitrogens with zero attached hydrogens (tertiary/aromatic N) is 1. The Labute approximate surface area is 180 Å². The van der Waals surface area contributed by atoms with Crippen LogP contribution in [-0.4, -0.2) is 17.6 Å². The summed E-state index contributed by atoms with van der Waals surface area (Å²) in [6, 6.07) is 14.4. The van der Waals surface area contributed by atoms with Crippen LogP contribution in [0, 0.1) is 9.39 Å². The van der Waals surface area contributed by atoms with Gasteiger partial charge in [0.05, 0.1) is 17.7 Å². The van der Waals surface area contributed by atoms with Crippen LogP contribution in [0.4, 0.5) is 15.8 Å². The molecular weight excluding hydrogens is 486 g/mol. The molecule has 0 fully saturated rings. The molecule has 0 aliphatic carbocycles. The maximum absolute atomic E-state index is 14.4. The molecule has 0 saturated carbocycles. The van der Waals surface area contributed by atoms with Gasteiger partial charge in [0.2, 0.25) is 5.76 Å². The van der Waals surface area contributed by atoms with E-state index in [2.05, 4.69) is 10.3 Å². The maximum atomic E-state index is 14.4. The lowest BCUT2D eigenvalue weighted by molar-refractivity contribution is 0.0494. The maximum Gasteiger partial charge on any atom is 0.376 e. The number of nitrogens with one attached hydrogen (secondary N) is 1. The lowest BCUT2D eigenvalue weighted by atomic mass is 10.1. The Balaban J connectivity index is 1.91. The fourth-order valence-corrected chi connectivity index (χ4v) is 3.48. The number of anilines is 2. The van der Waals surface area contributed by atoms with Crippen LogP contribution < -0.4 is 5.32 Å². The average molecular weight is 502 g/mol. The molecule has 7 heteroatoms. The van der Waals surface area contributed by atoms with Gasteiger partial charge in [-0.3, -0.25) is 4.98 Å². The van der Waals surface area contributed by atoms with Crippen molar-refractivity contribution in [2.75, 3.05) is 11.9 Å². The van der Waals surface area contributed by atoms with Crippen LogP contribution in [0.2, 0.25) is 0 Å². The highest BCUT2D eigenvalue weighted by Gasteiger charge is 2.25. The summed E-state index contributed by atoms with van der Waals surface area (Å²) in [5.74, 6) is -1.09. The molecule has 0 amide bonds. The number of esters is 1. The summed E-state index contributed by atoms with van der Waals surface area (Å²) < 4.78 is 26.3. The highest BCUT2D eigenvalue weighted by atomic mass is 127. The topological polar surface area (TPSA) is 64.4 Å². The number of furan rings is 1. The van der Waals surface area contributed by atoms with Gasteiger partial charge in [-0.05, 0) is 53.3 Å². The molecule has 0 aliphatic heterocycles. The molecule has 0 atom stereocenters. The molecular formula is C22H16FIN2O3. The van der Waals surface area contributed by atoms with Crippen molar-refractivity contribution in [2.24, 2.45) is 0 Å². The zero-order valence-electron chi connectivity index (χ0n) is 15.4. The number of carbonyl (C=O) groups is 1. The van der Waals surface area contributed by atoms with Crippen molar-refractivity contribution in [2.45, 2.75) is 6.92 Å². The van der Waals surface area contributed by atoms with E-state index in [-0.39, 0.29) is 18.1 Å². The lowest BCUT2D eigenvalue weighted by Gasteiger charge is -2.08. The number of carbonyl (C=O) groups excluding carboxylic acids is 1. The van der Waals surface area contributed by atoms with Crippen LogP contribution in [0.5, 0.6) is 0 Å². The first kappa shape index (κ1) is 19.4. The van der Waals surface area contributed by atoms with Gasteiger partial charge in [-0.1, -0.05) is 30.3 Å². The van der Waals surface area contributed by atoms with Gasteiger partial charge in [0.15, 0.2) is 0 Å². The number of halogens is 2. The summed E-state index contributed by atoms with van der Waals surface area (Å²) in [7, 11) is 0. The zero-order valence-corrected chi connectivity index (χ0v) is 17.6. The normalized spacial score (nSPS) is 10.9. The first-order chi connectivity index (χ1) is 14.1. The minimum atomic E-state index is -0.629.